The average molecular weight is 471 g/mol. The van der Waals surface area contributed by atoms with Crippen LogP contribution in [0.15, 0.2) is 60.8 Å². The molecule has 2 aromatic heterocycles. The Hall–Kier alpha value is -3.78. The number of piperidine rings is 1. The number of carbonyl (C=O) groups excluding carboxylic acids is 1. The number of hydrogen-bond donors (Lipinski definition) is 0. The van der Waals surface area contributed by atoms with Crippen LogP contribution in [0, 0.1) is 0 Å². The molecule has 0 radical (unpaired) electrons. The first kappa shape index (κ1) is 23.0. The summed E-state index contributed by atoms with van der Waals surface area (Å²) >= 11 is 0. The fraction of sp³-hybridized carbons (Fsp3) is 0.333. The molecule has 0 aliphatic carbocycles. The first-order valence-electron chi connectivity index (χ1n) is 11.9. The summed E-state index contributed by atoms with van der Waals surface area (Å²) in [5.41, 5.74) is 3.43. The second-order valence-electron chi connectivity index (χ2n) is 9.04. The third-order valence-corrected chi connectivity index (χ3v) is 6.96. The maximum atomic E-state index is 12.2. The van der Waals surface area contributed by atoms with Gasteiger partial charge in [-0.15, -0.1) is 10.2 Å². The number of aryl methyl sites for hydroxylation is 1. The van der Waals surface area contributed by atoms with Crippen molar-refractivity contribution in [3.05, 3.63) is 71.9 Å². The van der Waals surface area contributed by atoms with Gasteiger partial charge in [-0.1, -0.05) is 42.5 Å². The highest BCUT2D eigenvalue weighted by molar-refractivity contribution is 5.99. The van der Waals surface area contributed by atoms with Crippen molar-refractivity contribution in [2.75, 3.05) is 32.1 Å². The third-order valence-electron chi connectivity index (χ3n) is 6.96. The van der Waals surface area contributed by atoms with Crippen LogP contribution in [0.4, 0.5) is 5.82 Å². The Labute approximate surface area is 205 Å². The zero-order valence-electron chi connectivity index (χ0n) is 20.4. The number of ether oxygens (including phenoxy) is 1. The van der Waals surface area contributed by atoms with Crippen LogP contribution >= 0.6 is 0 Å². The Morgan fingerprint density at radius 1 is 1.03 bits per heavy atom. The van der Waals surface area contributed by atoms with E-state index >= 15 is 0 Å². The van der Waals surface area contributed by atoms with E-state index in [-0.39, 0.29) is 5.97 Å². The van der Waals surface area contributed by atoms with Crippen LogP contribution in [-0.2, 0) is 18.3 Å². The van der Waals surface area contributed by atoms with Crippen molar-refractivity contribution < 1.29 is 9.53 Å². The van der Waals surface area contributed by atoms with Crippen molar-refractivity contribution in [1.29, 1.82) is 0 Å². The molecule has 0 N–H and O–H groups in total. The van der Waals surface area contributed by atoms with Gasteiger partial charge in [0.1, 0.15) is 5.69 Å². The monoisotopic (exact) mass is 470 g/mol. The van der Waals surface area contributed by atoms with E-state index in [1.807, 2.05) is 48.1 Å². The molecule has 0 atom stereocenters. The summed E-state index contributed by atoms with van der Waals surface area (Å²) in [6.45, 7) is 2.51. The molecule has 0 bridgehead atoms. The Morgan fingerprint density at radius 2 is 1.74 bits per heavy atom. The fourth-order valence-electron chi connectivity index (χ4n) is 5.00. The summed E-state index contributed by atoms with van der Waals surface area (Å²) < 4.78 is 6.79. The van der Waals surface area contributed by atoms with Gasteiger partial charge in [-0.3, -0.25) is 9.58 Å². The Morgan fingerprint density at radius 3 is 2.46 bits per heavy atom. The molecule has 2 aromatic carbocycles. The first-order chi connectivity index (χ1) is 17.1. The minimum atomic E-state index is -0.288. The molecule has 3 heterocycles. The molecule has 1 aliphatic rings. The molecule has 0 unspecified atom stereocenters. The molecule has 4 aromatic rings. The van der Waals surface area contributed by atoms with E-state index in [1.54, 1.807) is 6.20 Å². The van der Waals surface area contributed by atoms with Gasteiger partial charge in [0.15, 0.2) is 5.82 Å². The molecule has 8 heteroatoms. The molecule has 5 rings (SSSR count). The van der Waals surface area contributed by atoms with Gasteiger partial charge in [0.2, 0.25) is 0 Å². The van der Waals surface area contributed by atoms with E-state index < -0.39 is 0 Å². The molecule has 0 saturated carbocycles. The van der Waals surface area contributed by atoms with Crippen molar-refractivity contribution in [3.63, 3.8) is 0 Å². The second-order valence-corrected chi connectivity index (χ2v) is 9.04. The number of benzene rings is 2. The minimum absolute atomic E-state index is 0.288. The van der Waals surface area contributed by atoms with Gasteiger partial charge in [-0.25, -0.2) is 4.79 Å². The number of aromatic nitrogens is 4. The zero-order valence-corrected chi connectivity index (χ0v) is 20.4. The van der Waals surface area contributed by atoms with E-state index in [0.29, 0.717) is 18.2 Å². The van der Waals surface area contributed by atoms with Crippen LogP contribution < -0.4 is 4.90 Å². The lowest BCUT2D eigenvalue weighted by Crippen LogP contribution is -2.43. The molecule has 1 fully saturated rings. The average Bonchev–Trinajstić information content (AvgIpc) is 3.33. The van der Waals surface area contributed by atoms with Crippen LogP contribution in [0.25, 0.3) is 22.2 Å². The topological polar surface area (TPSA) is 76.4 Å². The summed E-state index contributed by atoms with van der Waals surface area (Å²) in [6, 6.07) is 18.4. The van der Waals surface area contributed by atoms with E-state index in [2.05, 4.69) is 50.3 Å². The van der Waals surface area contributed by atoms with Gasteiger partial charge in [-0.2, -0.15) is 5.10 Å². The van der Waals surface area contributed by atoms with Crippen LogP contribution in [0.2, 0.25) is 0 Å². The van der Waals surface area contributed by atoms with Gasteiger partial charge < -0.3 is 9.64 Å². The van der Waals surface area contributed by atoms with Crippen molar-refractivity contribution in [1.82, 2.24) is 24.9 Å². The molecule has 0 spiro atoms. The number of fused-ring (bicyclic) bond motifs is 1. The molecule has 1 aliphatic heterocycles. The number of esters is 1. The highest BCUT2D eigenvalue weighted by Gasteiger charge is 2.26. The van der Waals surface area contributed by atoms with Crippen molar-refractivity contribution in [3.8, 4) is 11.4 Å². The van der Waals surface area contributed by atoms with Crippen LogP contribution in [0.3, 0.4) is 0 Å². The van der Waals surface area contributed by atoms with E-state index in [4.69, 9.17) is 4.74 Å². The van der Waals surface area contributed by atoms with Gasteiger partial charge in [0, 0.05) is 49.7 Å². The standard InChI is InChI=1S/C27H30N6O2/c1-31(18-19-8-4-5-9-21(19)27(34)35-3)20-13-16-33(17-14-20)26-23-11-7-6-10-22(23)25(29-30-26)24-12-15-28-32(24)2/h4-12,15,20H,13-14,16-18H2,1-3H3. The zero-order chi connectivity index (χ0) is 24.4. The number of rotatable bonds is 6. The predicted octanol–water partition coefficient (Wildman–Crippen LogP) is 3.92. The summed E-state index contributed by atoms with van der Waals surface area (Å²) in [4.78, 5) is 16.8. The van der Waals surface area contributed by atoms with Crippen LogP contribution in [0.5, 0.6) is 0 Å². The highest BCUT2D eigenvalue weighted by Crippen LogP contribution is 2.32. The number of carbonyl (C=O) groups is 1. The lowest BCUT2D eigenvalue weighted by molar-refractivity contribution is 0.0597. The molecular formula is C27H30N6O2. The van der Waals surface area contributed by atoms with E-state index in [0.717, 1.165) is 59.5 Å². The quantitative estimate of drug-likeness (QED) is 0.395. The Bertz CT molecular complexity index is 1340. The third kappa shape index (κ3) is 4.49. The maximum absolute atomic E-state index is 12.2. The van der Waals surface area contributed by atoms with Gasteiger partial charge >= 0.3 is 5.97 Å². The van der Waals surface area contributed by atoms with E-state index in [1.165, 1.54) is 7.11 Å². The summed E-state index contributed by atoms with van der Waals surface area (Å²) in [7, 11) is 5.48. The summed E-state index contributed by atoms with van der Waals surface area (Å²) in [5.74, 6) is 0.646. The van der Waals surface area contributed by atoms with Crippen molar-refractivity contribution in [2.24, 2.45) is 7.05 Å². The fourth-order valence-corrected chi connectivity index (χ4v) is 5.00. The lowest BCUT2D eigenvalue weighted by Gasteiger charge is -2.37. The van der Waals surface area contributed by atoms with Gasteiger partial charge in [-0.05, 0) is 37.6 Å². The highest BCUT2D eigenvalue weighted by atomic mass is 16.5. The second kappa shape index (κ2) is 9.84. The molecule has 0 amide bonds. The molecule has 1 saturated heterocycles. The largest absolute Gasteiger partial charge is 0.465 e. The smallest absolute Gasteiger partial charge is 0.338 e. The number of hydrogen-bond acceptors (Lipinski definition) is 7. The van der Waals surface area contributed by atoms with Crippen LogP contribution in [0.1, 0.15) is 28.8 Å². The lowest BCUT2D eigenvalue weighted by atomic mass is 10.0. The van der Waals surface area contributed by atoms with Gasteiger partial charge in [0.05, 0.1) is 18.4 Å². The number of nitrogens with zero attached hydrogens (tertiary/aromatic N) is 6. The number of methoxy groups -OCH3 is 1. The van der Waals surface area contributed by atoms with E-state index in [9.17, 15) is 4.79 Å². The summed E-state index contributed by atoms with van der Waals surface area (Å²) in [6.07, 6.45) is 3.80. The number of anilines is 1. The normalized spacial score (nSPS) is 14.6. The van der Waals surface area contributed by atoms with Crippen molar-refractivity contribution in [2.45, 2.75) is 25.4 Å². The Kier molecular flexibility index (Phi) is 6.46. The predicted molar refractivity (Wildman–Crippen MR) is 136 cm³/mol. The van der Waals surface area contributed by atoms with Gasteiger partial charge in [0.25, 0.3) is 0 Å². The molecule has 180 valence electrons. The SMILES string of the molecule is COC(=O)c1ccccc1CN(C)C1CCN(c2nnc(-c3ccnn3C)c3ccccc23)CC1. The minimum Gasteiger partial charge on any atom is -0.465 e. The van der Waals surface area contributed by atoms with Crippen molar-refractivity contribution >= 4 is 22.6 Å². The Balaban J connectivity index is 1.32. The molecule has 8 nitrogen and oxygen atoms in total. The first-order valence-corrected chi connectivity index (χ1v) is 11.9. The van der Waals surface area contributed by atoms with Crippen LogP contribution in [-0.4, -0.2) is 64.1 Å². The summed E-state index contributed by atoms with van der Waals surface area (Å²) in [5, 5.41) is 15.8. The maximum Gasteiger partial charge on any atom is 0.338 e. The molecular weight excluding hydrogens is 440 g/mol. The molecule has 35 heavy (non-hydrogen) atoms.